The molecule has 0 unspecified atom stereocenters. The Balaban J connectivity index is 3.45. The van der Waals surface area contributed by atoms with Gasteiger partial charge in [0.2, 0.25) is 0 Å². The maximum absolute atomic E-state index is 12.5. The highest BCUT2D eigenvalue weighted by Gasteiger charge is 2.33. The van der Waals surface area contributed by atoms with Crippen molar-refractivity contribution >= 4 is 17.2 Å². The van der Waals surface area contributed by atoms with Crippen molar-refractivity contribution in [3.05, 3.63) is 46.0 Å². The van der Waals surface area contributed by atoms with Gasteiger partial charge in [0, 0.05) is 12.1 Å². The summed E-state index contributed by atoms with van der Waals surface area (Å²) in [4.78, 5) is 20.0. The second-order valence-electron chi connectivity index (χ2n) is 3.31. The quantitative estimate of drug-likeness (QED) is 0.515. The maximum atomic E-state index is 12.5. The number of carbonyl (C=O) groups is 1. The van der Waals surface area contributed by atoms with E-state index >= 15 is 0 Å². The average molecular weight is 261 g/mol. The minimum absolute atomic E-state index is 0.332. The summed E-state index contributed by atoms with van der Waals surface area (Å²) in [6, 6.07) is 1.56. The summed E-state index contributed by atoms with van der Waals surface area (Å²) in [6.07, 6.45) is -4.81. The van der Waals surface area contributed by atoms with Crippen molar-refractivity contribution < 1.29 is 28.0 Å². The van der Waals surface area contributed by atoms with Crippen molar-refractivity contribution in [1.29, 1.82) is 0 Å². The molecule has 0 heterocycles. The Kier molecular flexibility index (Phi) is 3.40. The molecule has 0 aliphatic heterocycles. The molecule has 0 fully saturated rings. The Labute approximate surface area is 98.3 Å². The van der Waals surface area contributed by atoms with Gasteiger partial charge < -0.3 is 5.11 Å². The third-order valence-electron chi connectivity index (χ3n) is 2.06. The summed E-state index contributed by atoms with van der Waals surface area (Å²) in [6.45, 7) is 3.06. The summed E-state index contributed by atoms with van der Waals surface area (Å²) in [7, 11) is 0. The number of rotatable bonds is 3. The van der Waals surface area contributed by atoms with Crippen molar-refractivity contribution in [2.24, 2.45) is 0 Å². The number of alkyl halides is 3. The van der Waals surface area contributed by atoms with Crippen LogP contribution in [0, 0.1) is 10.1 Å². The van der Waals surface area contributed by atoms with Crippen LogP contribution < -0.4 is 0 Å². The second-order valence-corrected chi connectivity index (χ2v) is 3.31. The first kappa shape index (κ1) is 13.7. The van der Waals surface area contributed by atoms with Gasteiger partial charge in [0.05, 0.1) is 16.1 Å². The van der Waals surface area contributed by atoms with Crippen LogP contribution >= 0.6 is 0 Å². The van der Waals surface area contributed by atoms with Crippen LogP contribution in [0.25, 0.3) is 5.57 Å². The number of hydrogen-bond donors (Lipinski definition) is 1. The molecule has 0 saturated heterocycles. The van der Waals surface area contributed by atoms with Crippen molar-refractivity contribution in [3.63, 3.8) is 0 Å². The van der Waals surface area contributed by atoms with E-state index in [1.54, 1.807) is 0 Å². The number of carboxylic acid groups (broad SMARTS) is 1. The van der Waals surface area contributed by atoms with Crippen LogP contribution in [0.15, 0.2) is 24.8 Å². The number of halogens is 3. The van der Waals surface area contributed by atoms with Gasteiger partial charge in [-0.15, -0.1) is 0 Å². The van der Waals surface area contributed by atoms with Gasteiger partial charge in [0.15, 0.2) is 0 Å². The molecular formula is C10H6F3NO4. The Morgan fingerprint density at radius 2 is 1.89 bits per heavy atom. The Hall–Kier alpha value is -2.38. The van der Waals surface area contributed by atoms with E-state index < -0.39 is 39.5 Å². The van der Waals surface area contributed by atoms with E-state index in [4.69, 9.17) is 5.11 Å². The molecule has 5 nitrogen and oxygen atoms in total. The average Bonchev–Trinajstić information content (AvgIpc) is 2.26. The molecular weight excluding hydrogens is 255 g/mol. The lowest BCUT2D eigenvalue weighted by Gasteiger charge is -2.09. The number of non-ortho nitro benzene ring substituents is 1. The predicted molar refractivity (Wildman–Crippen MR) is 54.8 cm³/mol. The summed E-state index contributed by atoms with van der Waals surface area (Å²) >= 11 is 0. The van der Waals surface area contributed by atoms with Gasteiger partial charge in [0.1, 0.15) is 0 Å². The van der Waals surface area contributed by atoms with Gasteiger partial charge in [-0.25, -0.2) is 4.79 Å². The van der Waals surface area contributed by atoms with Crippen molar-refractivity contribution in [2.45, 2.75) is 6.18 Å². The minimum atomic E-state index is -4.81. The highest BCUT2D eigenvalue weighted by molar-refractivity contribution is 6.14. The number of nitro groups is 1. The predicted octanol–water partition coefficient (Wildman–Crippen LogP) is 2.71. The standard InChI is InChI=1S/C10H6F3NO4/c1-5(9(15)16)6-2-7(10(11,12)13)4-8(3-6)14(17)18/h2-4H,1H2,(H,15,16). The third-order valence-corrected chi connectivity index (χ3v) is 2.06. The zero-order valence-corrected chi connectivity index (χ0v) is 8.69. The lowest BCUT2D eigenvalue weighted by Crippen LogP contribution is -2.08. The van der Waals surface area contributed by atoms with Gasteiger partial charge in [-0.05, 0) is 11.6 Å². The third kappa shape index (κ3) is 2.84. The molecule has 1 aromatic carbocycles. The molecule has 0 saturated carbocycles. The molecule has 18 heavy (non-hydrogen) atoms. The van der Waals surface area contributed by atoms with Crippen molar-refractivity contribution in [2.75, 3.05) is 0 Å². The molecule has 96 valence electrons. The van der Waals surface area contributed by atoms with Crippen LogP contribution in [0.5, 0.6) is 0 Å². The fraction of sp³-hybridized carbons (Fsp3) is 0.100. The number of aliphatic carboxylic acids is 1. The molecule has 0 radical (unpaired) electrons. The van der Waals surface area contributed by atoms with E-state index in [1.807, 2.05) is 0 Å². The largest absolute Gasteiger partial charge is 0.478 e. The van der Waals surface area contributed by atoms with Gasteiger partial charge in [-0.2, -0.15) is 13.2 Å². The molecule has 1 N–H and O–H groups in total. The molecule has 1 aromatic rings. The molecule has 0 atom stereocenters. The fourth-order valence-electron chi connectivity index (χ4n) is 1.18. The van der Waals surface area contributed by atoms with Crippen molar-refractivity contribution in [1.82, 2.24) is 0 Å². The number of benzene rings is 1. The lowest BCUT2D eigenvalue weighted by atomic mass is 10.0. The topological polar surface area (TPSA) is 80.4 Å². The van der Waals surface area contributed by atoms with E-state index in [1.165, 1.54) is 0 Å². The lowest BCUT2D eigenvalue weighted by molar-refractivity contribution is -0.385. The fourth-order valence-corrected chi connectivity index (χ4v) is 1.18. The summed E-state index contributed by atoms with van der Waals surface area (Å²) < 4.78 is 37.4. The van der Waals surface area contributed by atoms with E-state index in [-0.39, 0.29) is 0 Å². The van der Waals surface area contributed by atoms with Gasteiger partial charge >= 0.3 is 12.1 Å². The zero-order valence-electron chi connectivity index (χ0n) is 8.69. The van der Waals surface area contributed by atoms with Gasteiger partial charge in [0.25, 0.3) is 5.69 Å². The van der Waals surface area contributed by atoms with Crippen molar-refractivity contribution in [3.8, 4) is 0 Å². The first-order chi connectivity index (χ1) is 8.12. The first-order valence-corrected chi connectivity index (χ1v) is 4.42. The van der Waals surface area contributed by atoms with Crippen LogP contribution in [0.3, 0.4) is 0 Å². The van der Waals surface area contributed by atoms with Gasteiger partial charge in [-0.1, -0.05) is 6.58 Å². The molecule has 8 heteroatoms. The monoisotopic (exact) mass is 261 g/mol. The van der Waals surface area contributed by atoms with Crippen LogP contribution in [0.1, 0.15) is 11.1 Å². The Morgan fingerprint density at radius 3 is 2.28 bits per heavy atom. The molecule has 0 amide bonds. The summed E-state index contributed by atoms with van der Waals surface area (Å²) in [5.41, 5.74) is -3.25. The minimum Gasteiger partial charge on any atom is -0.478 e. The molecule has 0 aliphatic rings. The van der Waals surface area contributed by atoms with Crippen LogP contribution in [0.2, 0.25) is 0 Å². The van der Waals surface area contributed by atoms with E-state index in [0.717, 1.165) is 6.07 Å². The SMILES string of the molecule is C=C(C(=O)O)c1cc([N+](=O)[O-])cc(C(F)(F)F)c1. The zero-order chi connectivity index (χ0) is 14.1. The smallest absolute Gasteiger partial charge is 0.416 e. The van der Waals surface area contributed by atoms with E-state index in [2.05, 4.69) is 6.58 Å². The normalized spacial score (nSPS) is 11.1. The summed E-state index contributed by atoms with van der Waals surface area (Å²) in [5.74, 6) is -1.55. The Bertz CT molecular complexity index is 536. The van der Waals surface area contributed by atoms with Crippen LogP contribution in [0.4, 0.5) is 18.9 Å². The van der Waals surface area contributed by atoms with Crippen LogP contribution in [-0.4, -0.2) is 16.0 Å². The molecule has 0 spiro atoms. The number of carboxylic acids is 1. The number of hydrogen-bond acceptors (Lipinski definition) is 3. The number of nitro benzene ring substituents is 1. The van der Waals surface area contributed by atoms with E-state index in [0.29, 0.717) is 12.1 Å². The second kappa shape index (κ2) is 4.47. The summed E-state index contributed by atoms with van der Waals surface area (Å²) in [5, 5.41) is 19.1. The first-order valence-electron chi connectivity index (χ1n) is 4.42. The van der Waals surface area contributed by atoms with Crippen LogP contribution in [-0.2, 0) is 11.0 Å². The molecule has 0 aliphatic carbocycles. The van der Waals surface area contributed by atoms with Gasteiger partial charge in [-0.3, -0.25) is 10.1 Å². The highest BCUT2D eigenvalue weighted by atomic mass is 19.4. The van der Waals surface area contributed by atoms with E-state index in [9.17, 15) is 28.1 Å². The molecule has 1 rings (SSSR count). The molecule has 0 aromatic heterocycles. The number of nitrogens with zero attached hydrogens (tertiary/aromatic N) is 1. The highest BCUT2D eigenvalue weighted by Crippen LogP contribution is 2.34. The maximum Gasteiger partial charge on any atom is 0.416 e. The Morgan fingerprint density at radius 1 is 1.33 bits per heavy atom. The molecule has 0 bridgehead atoms.